The van der Waals surface area contributed by atoms with Crippen molar-refractivity contribution >= 4 is 27.7 Å². The SMILES string of the molecule is Cc1cc(C)cc(NC(=O)c2cccnc2S(C)(NC(=O)CN2CCOCC2)c2ccncc2)c1. The van der Waals surface area contributed by atoms with Crippen molar-refractivity contribution < 1.29 is 14.3 Å². The predicted octanol–water partition coefficient (Wildman–Crippen LogP) is 3.56. The lowest BCUT2D eigenvalue weighted by molar-refractivity contribution is -0.121. The Balaban J connectivity index is 1.67. The second-order valence-corrected chi connectivity index (χ2v) is 11.6. The van der Waals surface area contributed by atoms with E-state index < -0.39 is 10.2 Å². The van der Waals surface area contributed by atoms with E-state index in [1.54, 1.807) is 30.7 Å². The molecule has 1 fully saturated rings. The van der Waals surface area contributed by atoms with Gasteiger partial charge in [0, 0.05) is 42.3 Å². The van der Waals surface area contributed by atoms with Crippen molar-refractivity contribution in [1.29, 1.82) is 0 Å². The molecule has 0 aliphatic carbocycles. The summed E-state index contributed by atoms with van der Waals surface area (Å²) in [6.07, 6.45) is 6.98. The third-order valence-electron chi connectivity index (χ3n) is 5.79. The number of anilines is 1. The highest BCUT2D eigenvalue weighted by Crippen LogP contribution is 2.56. The van der Waals surface area contributed by atoms with E-state index in [1.807, 2.05) is 44.4 Å². The lowest BCUT2D eigenvalue weighted by Crippen LogP contribution is -2.43. The summed E-state index contributed by atoms with van der Waals surface area (Å²) in [7, 11) is -2.20. The molecule has 2 N–H and O–H groups in total. The molecule has 1 aromatic carbocycles. The summed E-state index contributed by atoms with van der Waals surface area (Å²) in [5.41, 5.74) is 3.27. The fourth-order valence-electron chi connectivity index (χ4n) is 4.19. The van der Waals surface area contributed by atoms with E-state index in [0.29, 0.717) is 36.9 Å². The van der Waals surface area contributed by atoms with Crippen molar-refractivity contribution in [3.8, 4) is 0 Å². The molecule has 3 heterocycles. The van der Waals surface area contributed by atoms with Crippen LogP contribution in [0.15, 0.2) is 71.0 Å². The fourth-order valence-corrected chi connectivity index (χ4v) is 6.68. The Morgan fingerprint density at radius 2 is 1.71 bits per heavy atom. The lowest BCUT2D eigenvalue weighted by Gasteiger charge is -2.38. The molecule has 2 aromatic heterocycles. The summed E-state index contributed by atoms with van der Waals surface area (Å²) in [4.78, 5) is 38.4. The zero-order valence-corrected chi connectivity index (χ0v) is 21.1. The van der Waals surface area contributed by atoms with Gasteiger partial charge in [0.2, 0.25) is 5.91 Å². The van der Waals surface area contributed by atoms with E-state index in [-0.39, 0.29) is 18.4 Å². The van der Waals surface area contributed by atoms with Gasteiger partial charge < -0.3 is 14.8 Å². The zero-order chi connectivity index (χ0) is 24.8. The second-order valence-electron chi connectivity index (χ2n) is 8.70. The van der Waals surface area contributed by atoms with Gasteiger partial charge in [-0.3, -0.25) is 19.5 Å². The molecule has 4 rings (SSSR count). The Morgan fingerprint density at radius 3 is 2.40 bits per heavy atom. The Hall–Kier alpha value is -3.27. The highest BCUT2D eigenvalue weighted by atomic mass is 32.3. The highest BCUT2D eigenvalue weighted by Gasteiger charge is 2.32. The van der Waals surface area contributed by atoms with Gasteiger partial charge in [-0.1, -0.05) is 16.3 Å². The smallest absolute Gasteiger partial charge is 0.258 e. The summed E-state index contributed by atoms with van der Waals surface area (Å²) < 4.78 is 8.64. The second kappa shape index (κ2) is 11.0. The number of aromatic nitrogens is 2. The van der Waals surface area contributed by atoms with E-state index in [2.05, 4.69) is 31.0 Å². The minimum atomic E-state index is -2.20. The van der Waals surface area contributed by atoms with Crippen LogP contribution in [0.2, 0.25) is 0 Å². The number of pyridine rings is 2. The maximum atomic E-state index is 13.5. The van der Waals surface area contributed by atoms with Crippen LogP contribution in [0.25, 0.3) is 0 Å². The number of carbonyl (C=O) groups is 2. The van der Waals surface area contributed by atoms with Crippen LogP contribution in [0.5, 0.6) is 0 Å². The number of carbonyl (C=O) groups excluding carboxylic acids is 2. The van der Waals surface area contributed by atoms with E-state index in [4.69, 9.17) is 4.74 Å². The van der Waals surface area contributed by atoms with E-state index in [1.165, 1.54) is 0 Å². The van der Waals surface area contributed by atoms with Crippen molar-refractivity contribution in [2.75, 3.05) is 44.4 Å². The normalized spacial score (nSPS) is 16.7. The third kappa shape index (κ3) is 6.05. The summed E-state index contributed by atoms with van der Waals surface area (Å²) in [5.74, 6) is -0.388. The van der Waals surface area contributed by atoms with Gasteiger partial charge in [-0.25, -0.2) is 4.98 Å². The van der Waals surface area contributed by atoms with Crippen molar-refractivity contribution in [3.63, 3.8) is 0 Å². The average Bonchev–Trinajstić information content (AvgIpc) is 2.84. The number of nitrogens with zero attached hydrogens (tertiary/aromatic N) is 3. The fraction of sp³-hybridized carbons (Fsp3) is 0.308. The number of hydrogen-bond acceptors (Lipinski definition) is 6. The first-order valence-electron chi connectivity index (χ1n) is 11.5. The quantitative estimate of drug-likeness (QED) is 0.523. The Kier molecular flexibility index (Phi) is 7.80. The highest BCUT2D eigenvalue weighted by molar-refractivity contribution is 8.32. The Bertz CT molecular complexity index is 1180. The molecule has 8 nitrogen and oxygen atoms in total. The third-order valence-corrected chi connectivity index (χ3v) is 8.74. The van der Waals surface area contributed by atoms with Crippen LogP contribution in [0.1, 0.15) is 21.5 Å². The number of ether oxygens (including phenoxy) is 1. The molecule has 9 heteroatoms. The molecule has 1 aliphatic heterocycles. The lowest BCUT2D eigenvalue weighted by atomic mass is 10.1. The molecular formula is C26H31N5O3S. The number of aryl methyl sites for hydroxylation is 2. The minimum Gasteiger partial charge on any atom is -0.379 e. The summed E-state index contributed by atoms with van der Waals surface area (Å²) in [6.45, 7) is 6.90. The molecule has 0 radical (unpaired) electrons. The van der Waals surface area contributed by atoms with E-state index in [0.717, 1.165) is 21.7 Å². The Labute approximate surface area is 207 Å². The van der Waals surface area contributed by atoms with Gasteiger partial charge in [-0.2, -0.15) is 0 Å². The van der Waals surface area contributed by atoms with Crippen LogP contribution in [0.3, 0.4) is 0 Å². The molecule has 184 valence electrons. The summed E-state index contributed by atoms with van der Waals surface area (Å²) in [6, 6.07) is 13.1. The molecule has 2 amide bonds. The Morgan fingerprint density at radius 1 is 1.03 bits per heavy atom. The molecule has 1 atom stereocenters. The van der Waals surface area contributed by atoms with Crippen LogP contribution in [-0.2, 0) is 9.53 Å². The molecule has 0 spiro atoms. The molecule has 0 saturated carbocycles. The van der Waals surface area contributed by atoms with E-state index >= 15 is 0 Å². The van der Waals surface area contributed by atoms with Gasteiger partial charge in [-0.15, -0.1) is 0 Å². The standard InChI is InChI=1S/C26H31N5O3S/c1-19-15-20(2)17-21(16-19)29-25(33)23-5-4-8-28-26(23)35(3,22-6-9-27-10-7-22)30-24(32)18-31-11-13-34-14-12-31/h4-10,15-17H,11-14,18H2,1-3H3,(H,29,33)(H,30,32). The van der Waals surface area contributed by atoms with Crippen LogP contribution in [0.4, 0.5) is 5.69 Å². The number of hydrogen-bond donors (Lipinski definition) is 2. The first-order valence-corrected chi connectivity index (χ1v) is 13.5. The summed E-state index contributed by atoms with van der Waals surface area (Å²) >= 11 is 0. The van der Waals surface area contributed by atoms with Crippen LogP contribution in [0, 0.1) is 13.8 Å². The van der Waals surface area contributed by atoms with Gasteiger partial charge in [0.1, 0.15) is 5.03 Å². The van der Waals surface area contributed by atoms with Crippen molar-refractivity contribution in [2.24, 2.45) is 0 Å². The molecule has 1 unspecified atom stereocenters. The van der Waals surface area contributed by atoms with Gasteiger partial charge in [-0.05, 0) is 67.6 Å². The number of morpholine rings is 1. The first kappa shape index (κ1) is 24.8. The van der Waals surface area contributed by atoms with Gasteiger partial charge in [0.05, 0.1) is 25.3 Å². The number of rotatable bonds is 7. The molecule has 0 bridgehead atoms. The predicted molar refractivity (Wildman–Crippen MR) is 138 cm³/mol. The van der Waals surface area contributed by atoms with E-state index in [9.17, 15) is 9.59 Å². The minimum absolute atomic E-state index is 0.118. The zero-order valence-electron chi connectivity index (χ0n) is 20.3. The average molecular weight is 494 g/mol. The van der Waals surface area contributed by atoms with Crippen LogP contribution < -0.4 is 10.0 Å². The largest absolute Gasteiger partial charge is 0.379 e. The van der Waals surface area contributed by atoms with Crippen LogP contribution >= 0.6 is 10.2 Å². The number of amides is 2. The maximum Gasteiger partial charge on any atom is 0.258 e. The molecule has 3 aromatic rings. The topological polar surface area (TPSA) is 96.5 Å². The monoisotopic (exact) mass is 493 g/mol. The van der Waals surface area contributed by atoms with Gasteiger partial charge in [0.25, 0.3) is 5.91 Å². The molecule has 1 aliphatic rings. The number of benzene rings is 1. The van der Waals surface area contributed by atoms with Crippen molar-refractivity contribution in [2.45, 2.75) is 23.8 Å². The van der Waals surface area contributed by atoms with Crippen molar-refractivity contribution in [3.05, 3.63) is 77.7 Å². The molecule has 1 saturated heterocycles. The molecule has 35 heavy (non-hydrogen) atoms. The maximum absolute atomic E-state index is 13.5. The van der Waals surface area contributed by atoms with Gasteiger partial charge >= 0.3 is 0 Å². The number of nitrogens with one attached hydrogen (secondary N) is 2. The summed E-state index contributed by atoms with van der Waals surface area (Å²) in [5, 5.41) is 3.55. The van der Waals surface area contributed by atoms with Crippen molar-refractivity contribution in [1.82, 2.24) is 19.6 Å². The first-order chi connectivity index (χ1) is 16.8. The van der Waals surface area contributed by atoms with Crippen LogP contribution in [-0.4, -0.2) is 65.8 Å². The molecular weight excluding hydrogens is 462 g/mol. The van der Waals surface area contributed by atoms with Gasteiger partial charge in [0.15, 0.2) is 0 Å².